The molecule has 0 fully saturated rings. The van der Waals surface area contributed by atoms with Crippen LogP contribution in [0.25, 0.3) is 0 Å². The second-order valence-corrected chi connectivity index (χ2v) is 2.70. The average Bonchev–Trinajstić information content (AvgIpc) is 2.18. The highest BCUT2D eigenvalue weighted by molar-refractivity contribution is 5.36. The summed E-state index contributed by atoms with van der Waals surface area (Å²) in [5, 5.41) is 8.44. The summed E-state index contributed by atoms with van der Waals surface area (Å²) in [5.41, 5.74) is 0.263. The third-order valence-corrected chi connectivity index (χ3v) is 1.61. The first-order valence-electron chi connectivity index (χ1n) is 4.12. The Bertz CT molecular complexity index is 412. The van der Waals surface area contributed by atoms with Crippen LogP contribution in [0.15, 0.2) is 12.3 Å². The third-order valence-electron chi connectivity index (χ3n) is 1.61. The summed E-state index contributed by atoms with van der Waals surface area (Å²) in [6, 6.07) is 2.86. The van der Waals surface area contributed by atoms with Gasteiger partial charge in [-0.05, 0) is 0 Å². The number of alkyl halides is 3. The molecule has 0 aliphatic rings. The van der Waals surface area contributed by atoms with E-state index in [9.17, 15) is 13.2 Å². The van der Waals surface area contributed by atoms with E-state index in [-0.39, 0.29) is 17.9 Å². The molecule has 1 rings (SSSR count). The van der Waals surface area contributed by atoms with Crippen LogP contribution in [0.5, 0.6) is 11.5 Å². The van der Waals surface area contributed by atoms with Crippen molar-refractivity contribution >= 4 is 0 Å². The van der Waals surface area contributed by atoms with Gasteiger partial charge in [-0.1, -0.05) is 0 Å². The molecule has 0 aromatic carbocycles. The molecule has 0 spiro atoms. The second kappa shape index (κ2) is 4.70. The zero-order valence-electron chi connectivity index (χ0n) is 8.21. The Balaban J connectivity index is 2.96. The molecule has 0 aliphatic carbocycles. The van der Waals surface area contributed by atoms with Crippen molar-refractivity contribution in [3.8, 4) is 17.6 Å². The van der Waals surface area contributed by atoms with E-state index < -0.39 is 12.1 Å². The molecule has 0 saturated carbocycles. The molecule has 0 aliphatic heterocycles. The quantitative estimate of drug-likeness (QED) is 0.800. The highest BCUT2D eigenvalue weighted by Gasteiger charge is 2.31. The Labute approximate surface area is 89.2 Å². The molecule has 1 aromatic heterocycles. The first kappa shape index (κ1) is 12.1. The number of methoxy groups -OCH3 is 1. The standard InChI is InChI=1S/C9H7F3N2O2/c1-15-8-4-6(16-9(10,11)12)5-14-7(8)2-3-13/h4-5H,2H2,1H3. The molecule has 0 bridgehead atoms. The van der Waals surface area contributed by atoms with Gasteiger partial charge in [0.2, 0.25) is 0 Å². The molecule has 0 atom stereocenters. The summed E-state index contributed by atoms with van der Waals surface area (Å²) >= 11 is 0. The minimum absolute atomic E-state index is 0.0462. The van der Waals surface area contributed by atoms with Crippen molar-refractivity contribution in [2.24, 2.45) is 0 Å². The van der Waals surface area contributed by atoms with E-state index in [2.05, 4.69) is 9.72 Å². The first-order valence-corrected chi connectivity index (χ1v) is 4.12. The molecule has 0 N–H and O–H groups in total. The van der Waals surface area contributed by atoms with Gasteiger partial charge in [0.15, 0.2) is 5.75 Å². The summed E-state index contributed by atoms with van der Waals surface area (Å²) in [5.74, 6) is -0.394. The smallest absolute Gasteiger partial charge is 0.495 e. The summed E-state index contributed by atoms with van der Waals surface area (Å²) in [7, 11) is 1.27. The van der Waals surface area contributed by atoms with Crippen LogP contribution in [0.3, 0.4) is 0 Å². The minimum Gasteiger partial charge on any atom is -0.495 e. The Morgan fingerprint density at radius 3 is 2.69 bits per heavy atom. The number of hydrogen-bond acceptors (Lipinski definition) is 4. The van der Waals surface area contributed by atoms with Gasteiger partial charge in [-0.2, -0.15) is 5.26 Å². The topological polar surface area (TPSA) is 55.1 Å². The van der Waals surface area contributed by atoms with E-state index in [0.29, 0.717) is 0 Å². The number of rotatable bonds is 3. The van der Waals surface area contributed by atoms with Gasteiger partial charge in [-0.25, -0.2) is 0 Å². The molecule has 86 valence electrons. The lowest BCUT2D eigenvalue weighted by molar-refractivity contribution is -0.274. The summed E-state index contributed by atoms with van der Waals surface area (Å²) < 4.78 is 44.1. The molecule has 1 aromatic rings. The van der Waals surface area contributed by atoms with Gasteiger partial charge >= 0.3 is 6.36 Å². The summed E-state index contributed by atoms with van der Waals surface area (Å²) in [4.78, 5) is 3.65. The zero-order valence-corrected chi connectivity index (χ0v) is 8.21. The molecule has 4 nitrogen and oxygen atoms in total. The van der Waals surface area contributed by atoms with Crippen molar-refractivity contribution in [1.82, 2.24) is 4.98 Å². The van der Waals surface area contributed by atoms with Crippen LogP contribution in [0.1, 0.15) is 5.69 Å². The number of ether oxygens (including phenoxy) is 2. The molecular weight excluding hydrogens is 225 g/mol. The predicted octanol–water partition coefficient (Wildman–Crippen LogP) is 2.05. The van der Waals surface area contributed by atoms with Gasteiger partial charge in [0.1, 0.15) is 5.75 Å². The van der Waals surface area contributed by atoms with Crippen LogP contribution < -0.4 is 9.47 Å². The molecule has 7 heteroatoms. The van der Waals surface area contributed by atoms with E-state index >= 15 is 0 Å². The number of hydrogen-bond donors (Lipinski definition) is 0. The maximum absolute atomic E-state index is 11.9. The Morgan fingerprint density at radius 2 is 2.19 bits per heavy atom. The van der Waals surface area contributed by atoms with Gasteiger partial charge in [-0.15, -0.1) is 13.2 Å². The molecule has 1 heterocycles. The van der Waals surface area contributed by atoms with Crippen LogP contribution >= 0.6 is 0 Å². The van der Waals surface area contributed by atoms with Crippen molar-refractivity contribution in [1.29, 1.82) is 5.26 Å². The van der Waals surface area contributed by atoms with Crippen LogP contribution in [0.2, 0.25) is 0 Å². The second-order valence-electron chi connectivity index (χ2n) is 2.70. The van der Waals surface area contributed by atoms with Gasteiger partial charge in [-0.3, -0.25) is 4.98 Å². The van der Waals surface area contributed by atoms with Gasteiger partial charge in [0, 0.05) is 6.07 Å². The minimum atomic E-state index is -4.77. The number of halogens is 3. The van der Waals surface area contributed by atoms with Crippen LogP contribution in [-0.4, -0.2) is 18.5 Å². The van der Waals surface area contributed by atoms with Crippen molar-refractivity contribution in [2.45, 2.75) is 12.8 Å². The predicted molar refractivity (Wildman–Crippen MR) is 46.8 cm³/mol. The van der Waals surface area contributed by atoms with E-state index in [4.69, 9.17) is 10.00 Å². The summed E-state index contributed by atoms with van der Waals surface area (Å²) in [6.07, 6.45) is -3.93. The van der Waals surface area contributed by atoms with Crippen molar-refractivity contribution in [3.63, 3.8) is 0 Å². The van der Waals surface area contributed by atoms with Gasteiger partial charge in [0.25, 0.3) is 0 Å². The number of nitrogens with zero attached hydrogens (tertiary/aromatic N) is 2. The van der Waals surface area contributed by atoms with E-state index in [1.54, 1.807) is 0 Å². The maximum Gasteiger partial charge on any atom is 0.573 e. The largest absolute Gasteiger partial charge is 0.573 e. The fourth-order valence-electron chi connectivity index (χ4n) is 1.03. The van der Waals surface area contributed by atoms with Crippen LogP contribution in [-0.2, 0) is 6.42 Å². The molecule has 0 amide bonds. The SMILES string of the molecule is COc1cc(OC(F)(F)F)cnc1CC#N. The zero-order chi connectivity index (χ0) is 12.2. The lowest BCUT2D eigenvalue weighted by Gasteiger charge is -2.10. The van der Waals surface area contributed by atoms with E-state index in [0.717, 1.165) is 12.3 Å². The lowest BCUT2D eigenvalue weighted by Crippen LogP contribution is -2.17. The lowest BCUT2D eigenvalue weighted by atomic mass is 10.2. The number of nitriles is 1. The molecule has 0 saturated heterocycles. The van der Waals surface area contributed by atoms with Crippen LogP contribution in [0.4, 0.5) is 13.2 Å². The van der Waals surface area contributed by atoms with Crippen LogP contribution in [0, 0.1) is 11.3 Å². The summed E-state index contributed by atoms with van der Waals surface area (Å²) in [6.45, 7) is 0. The highest BCUT2D eigenvalue weighted by Crippen LogP contribution is 2.27. The fraction of sp³-hybridized carbons (Fsp3) is 0.333. The molecule has 16 heavy (non-hydrogen) atoms. The Hall–Kier alpha value is -1.97. The molecular formula is C9H7F3N2O2. The first-order chi connectivity index (χ1) is 7.46. The van der Waals surface area contributed by atoms with Gasteiger partial charge < -0.3 is 9.47 Å². The van der Waals surface area contributed by atoms with E-state index in [1.165, 1.54) is 7.11 Å². The van der Waals surface area contributed by atoms with Crippen molar-refractivity contribution in [2.75, 3.05) is 7.11 Å². The Morgan fingerprint density at radius 1 is 1.50 bits per heavy atom. The number of aromatic nitrogens is 1. The fourth-order valence-corrected chi connectivity index (χ4v) is 1.03. The van der Waals surface area contributed by atoms with Crippen molar-refractivity contribution in [3.05, 3.63) is 18.0 Å². The normalized spacial score (nSPS) is 10.7. The van der Waals surface area contributed by atoms with Crippen molar-refractivity contribution < 1.29 is 22.6 Å². The Kier molecular flexibility index (Phi) is 3.55. The third kappa shape index (κ3) is 3.31. The van der Waals surface area contributed by atoms with E-state index in [1.807, 2.05) is 6.07 Å². The average molecular weight is 232 g/mol. The monoisotopic (exact) mass is 232 g/mol. The number of pyridine rings is 1. The molecule has 0 radical (unpaired) electrons. The highest BCUT2D eigenvalue weighted by atomic mass is 19.4. The maximum atomic E-state index is 11.9. The van der Waals surface area contributed by atoms with Gasteiger partial charge in [0.05, 0.1) is 31.5 Å². The molecule has 0 unspecified atom stereocenters.